The lowest BCUT2D eigenvalue weighted by molar-refractivity contribution is 0.159. The predicted octanol–water partition coefficient (Wildman–Crippen LogP) is 1.68. The number of aliphatic hydroxyl groups excluding tert-OH is 1. The maximum Gasteiger partial charge on any atom is 0.0636 e. The Morgan fingerprint density at radius 3 is 2.42 bits per heavy atom. The summed E-state index contributed by atoms with van der Waals surface area (Å²) in [6.45, 7) is 4.84. The highest BCUT2D eigenvalue weighted by atomic mass is 16.3. The van der Waals surface area contributed by atoms with E-state index in [1.54, 1.807) is 0 Å². The zero-order chi connectivity index (χ0) is 9.03. The van der Waals surface area contributed by atoms with Crippen LogP contribution in [-0.4, -0.2) is 23.3 Å². The van der Waals surface area contributed by atoms with Crippen LogP contribution in [0.5, 0.6) is 0 Å². The van der Waals surface area contributed by atoms with Crippen LogP contribution in [-0.2, 0) is 0 Å². The lowest BCUT2D eigenvalue weighted by atomic mass is 9.83. The normalized spacial score (nSPS) is 25.2. The SMILES string of the molecule is CC(O)CNC1(C)CCCCC1. The maximum atomic E-state index is 9.13. The van der Waals surface area contributed by atoms with Crippen LogP contribution in [0.3, 0.4) is 0 Å². The Morgan fingerprint density at radius 1 is 1.33 bits per heavy atom. The molecule has 2 N–H and O–H groups in total. The van der Waals surface area contributed by atoms with Crippen molar-refractivity contribution >= 4 is 0 Å². The summed E-state index contributed by atoms with van der Waals surface area (Å²) in [5.74, 6) is 0. The van der Waals surface area contributed by atoms with Crippen molar-refractivity contribution in [3.05, 3.63) is 0 Å². The zero-order valence-electron chi connectivity index (χ0n) is 8.27. The number of rotatable bonds is 3. The minimum atomic E-state index is -0.219. The fraction of sp³-hybridized carbons (Fsp3) is 1.00. The summed E-state index contributed by atoms with van der Waals surface area (Å²) in [5, 5.41) is 12.6. The van der Waals surface area contributed by atoms with Crippen LogP contribution in [0.25, 0.3) is 0 Å². The predicted molar refractivity (Wildman–Crippen MR) is 51.2 cm³/mol. The molecule has 0 aromatic carbocycles. The van der Waals surface area contributed by atoms with E-state index in [2.05, 4.69) is 12.2 Å². The Hall–Kier alpha value is -0.0800. The largest absolute Gasteiger partial charge is 0.392 e. The second-order valence-corrected chi connectivity index (χ2v) is 4.35. The molecule has 0 aromatic rings. The van der Waals surface area contributed by atoms with Gasteiger partial charge in [0.2, 0.25) is 0 Å². The van der Waals surface area contributed by atoms with Crippen LogP contribution in [0.4, 0.5) is 0 Å². The second-order valence-electron chi connectivity index (χ2n) is 4.35. The van der Waals surface area contributed by atoms with Crippen molar-refractivity contribution in [2.45, 2.75) is 57.6 Å². The first kappa shape index (κ1) is 10.0. The number of hydrogen-bond donors (Lipinski definition) is 2. The minimum absolute atomic E-state index is 0.219. The van der Waals surface area contributed by atoms with Crippen molar-refractivity contribution in [1.29, 1.82) is 0 Å². The third-order valence-electron chi connectivity index (χ3n) is 2.78. The molecule has 12 heavy (non-hydrogen) atoms. The second kappa shape index (κ2) is 4.24. The van der Waals surface area contributed by atoms with Gasteiger partial charge in [0, 0.05) is 12.1 Å². The fourth-order valence-electron chi connectivity index (χ4n) is 1.90. The Bertz CT molecular complexity index is 128. The van der Waals surface area contributed by atoms with Gasteiger partial charge in [-0.3, -0.25) is 0 Å². The number of β-amino-alcohol motifs (C(OH)–C–C–N with tert-alkyl or cyclic N) is 1. The molecule has 1 aliphatic rings. The van der Waals surface area contributed by atoms with E-state index in [0.717, 1.165) is 6.54 Å². The molecule has 1 unspecified atom stereocenters. The molecule has 0 heterocycles. The standard InChI is InChI=1S/C10H21NO/c1-9(12)8-11-10(2)6-4-3-5-7-10/h9,11-12H,3-8H2,1-2H3. The molecule has 2 nitrogen and oxygen atoms in total. The maximum absolute atomic E-state index is 9.13. The van der Waals surface area contributed by atoms with Gasteiger partial charge in [-0.15, -0.1) is 0 Å². The van der Waals surface area contributed by atoms with Gasteiger partial charge in [0.15, 0.2) is 0 Å². The van der Waals surface area contributed by atoms with Crippen molar-refractivity contribution in [3.63, 3.8) is 0 Å². The van der Waals surface area contributed by atoms with Crippen molar-refractivity contribution in [2.24, 2.45) is 0 Å². The number of hydrogen-bond acceptors (Lipinski definition) is 2. The fourth-order valence-corrected chi connectivity index (χ4v) is 1.90. The summed E-state index contributed by atoms with van der Waals surface area (Å²) in [6, 6.07) is 0. The molecular weight excluding hydrogens is 150 g/mol. The van der Waals surface area contributed by atoms with Crippen molar-refractivity contribution in [2.75, 3.05) is 6.54 Å². The van der Waals surface area contributed by atoms with Crippen LogP contribution in [0.2, 0.25) is 0 Å². The van der Waals surface area contributed by atoms with E-state index in [-0.39, 0.29) is 6.10 Å². The van der Waals surface area contributed by atoms with Gasteiger partial charge >= 0.3 is 0 Å². The lowest BCUT2D eigenvalue weighted by Gasteiger charge is -2.35. The van der Waals surface area contributed by atoms with E-state index in [0.29, 0.717) is 5.54 Å². The highest BCUT2D eigenvalue weighted by Crippen LogP contribution is 2.27. The summed E-state index contributed by atoms with van der Waals surface area (Å²) in [4.78, 5) is 0. The highest BCUT2D eigenvalue weighted by Gasteiger charge is 2.25. The average molecular weight is 171 g/mol. The summed E-state index contributed by atoms with van der Waals surface area (Å²) >= 11 is 0. The quantitative estimate of drug-likeness (QED) is 0.677. The van der Waals surface area contributed by atoms with Gasteiger partial charge < -0.3 is 10.4 Å². The molecular formula is C10H21NO. The van der Waals surface area contributed by atoms with Gasteiger partial charge in [0.1, 0.15) is 0 Å². The molecule has 0 amide bonds. The minimum Gasteiger partial charge on any atom is -0.392 e. The van der Waals surface area contributed by atoms with E-state index in [4.69, 9.17) is 5.11 Å². The zero-order valence-corrected chi connectivity index (χ0v) is 8.27. The molecule has 1 rings (SSSR count). The third kappa shape index (κ3) is 3.11. The van der Waals surface area contributed by atoms with Gasteiger partial charge in [-0.05, 0) is 26.7 Å². The van der Waals surface area contributed by atoms with Gasteiger partial charge in [0.05, 0.1) is 6.10 Å². The molecule has 0 spiro atoms. The Morgan fingerprint density at radius 2 is 1.92 bits per heavy atom. The van der Waals surface area contributed by atoms with Crippen LogP contribution in [0.1, 0.15) is 46.0 Å². The molecule has 1 aliphatic carbocycles. The summed E-state index contributed by atoms with van der Waals surface area (Å²) in [6.07, 6.45) is 6.36. The van der Waals surface area contributed by atoms with E-state index in [1.807, 2.05) is 6.92 Å². The highest BCUT2D eigenvalue weighted by molar-refractivity contribution is 4.86. The van der Waals surface area contributed by atoms with Gasteiger partial charge in [0.25, 0.3) is 0 Å². The van der Waals surface area contributed by atoms with E-state index in [9.17, 15) is 0 Å². The van der Waals surface area contributed by atoms with Gasteiger partial charge in [-0.2, -0.15) is 0 Å². The van der Waals surface area contributed by atoms with Crippen LogP contribution in [0.15, 0.2) is 0 Å². The van der Waals surface area contributed by atoms with Crippen LogP contribution in [0, 0.1) is 0 Å². The van der Waals surface area contributed by atoms with Gasteiger partial charge in [-0.1, -0.05) is 19.3 Å². The number of nitrogens with one attached hydrogen (secondary N) is 1. The van der Waals surface area contributed by atoms with Crippen LogP contribution >= 0.6 is 0 Å². The van der Waals surface area contributed by atoms with Gasteiger partial charge in [-0.25, -0.2) is 0 Å². The van der Waals surface area contributed by atoms with E-state index >= 15 is 0 Å². The molecule has 0 aromatic heterocycles. The monoisotopic (exact) mass is 171 g/mol. The summed E-state index contributed by atoms with van der Waals surface area (Å²) in [5.41, 5.74) is 0.301. The topological polar surface area (TPSA) is 32.3 Å². The Labute approximate surface area is 75.4 Å². The molecule has 0 radical (unpaired) electrons. The van der Waals surface area contributed by atoms with Crippen molar-refractivity contribution in [1.82, 2.24) is 5.32 Å². The van der Waals surface area contributed by atoms with E-state index in [1.165, 1.54) is 32.1 Å². The van der Waals surface area contributed by atoms with Crippen LogP contribution < -0.4 is 5.32 Å². The molecule has 0 bridgehead atoms. The Balaban J connectivity index is 2.26. The van der Waals surface area contributed by atoms with E-state index < -0.39 is 0 Å². The first-order valence-corrected chi connectivity index (χ1v) is 5.05. The first-order chi connectivity index (χ1) is 5.62. The third-order valence-corrected chi connectivity index (χ3v) is 2.78. The molecule has 2 heteroatoms. The molecule has 0 aliphatic heterocycles. The smallest absolute Gasteiger partial charge is 0.0636 e. The lowest BCUT2D eigenvalue weighted by Crippen LogP contribution is -2.46. The van der Waals surface area contributed by atoms with Crippen molar-refractivity contribution < 1.29 is 5.11 Å². The summed E-state index contributed by atoms with van der Waals surface area (Å²) < 4.78 is 0. The number of aliphatic hydroxyl groups is 1. The Kier molecular flexibility index (Phi) is 3.53. The molecule has 1 atom stereocenters. The molecule has 0 saturated heterocycles. The van der Waals surface area contributed by atoms with Crippen molar-refractivity contribution in [3.8, 4) is 0 Å². The first-order valence-electron chi connectivity index (χ1n) is 5.05. The average Bonchev–Trinajstić information content (AvgIpc) is 2.03. The molecule has 1 fully saturated rings. The summed E-state index contributed by atoms with van der Waals surface area (Å²) in [7, 11) is 0. The molecule has 1 saturated carbocycles. The molecule has 72 valence electrons.